The first-order valence-corrected chi connectivity index (χ1v) is 8.52. The number of nitro groups is 1. The van der Waals surface area contributed by atoms with E-state index in [2.05, 4.69) is 15.3 Å². The highest BCUT2D eigenvalue weighted by molar-refractivity contribution is 7.09. The third-order valence-corrected chi connectivity index (χ3v) is 4.17. The first-order chi connectivity index (χ1) is 11.5. The standard InChI is InChI=1S/C16H21N5O2S/c1-4-17-16(20(3)10-14-11-24-12(2)19-14)18-9-13-7-5-6-8-15(13)21(22)23/h5-8,11H,4,9-10H2,1-3H3,(H,17,18). The van der Waals surface area contributed by atoms with Crippen LogP contribution in [-0.2, 0) is 13.1 Å². The van der Waals surface area contributed by atoms with Gasteiger partial charge in [-0.05, 0) is 13.8 Å². The second-order valence-corrected chi connectivity index (χ2v) is 6.33. The molecule has 0 amide bonds. The van der Waals surface area contributed by atoms with Crippen LogP contribution in [0.1, 0.15) is 23.2 Å². The summed E-state index contributed by atoms with van der Waals surface area (Å²) in [5.74, 6) is 0.696. The van der Waals surface area contributed by atoms with E-state index in [1.54, 1.807) is 29.5 Å². The third-order valence-electron chi connectivity index (χ3n) is 3.35. The molecule has 0 bridgehead atoms. The molecule has 0 saturated carbocycles. The average molecular weight is 347 g/mol. The van der Waals surface area contributed by atoms with Gasteiger partial charge in [0.25, 0.3) is 5.69 Å². The molecule has 7 nitrogen and oxygen atoms in total. The summed E-state index contributed by atoms with van der Waals surface area (Å²) in [6.45, 7) is 5.56. The van der Waals surface area contributed by atoms with E-state index < -0.39 is 0 Å². The van der Waals surface area contributed by atoms with Gasteiger partial charge in [0, 0.05) is 25.0 Å². The van der Waals surface area contributed by atoms with Gasteiger partial charge in [-0.3, -0.25) is 10.1 Å². The van der Waals surface area contributed by atoms with Crippen LogP contribution in [0.15, 0.2) is 34.6 Å². The maximum absolute atomic E-state index is 11.1. The maximum atomic E-state index is 11.1. The lowest BCUT2D eigenvalue weighted by atomic mass is 10.2. The lowest BCUT2D eigenvalue weighted by Crippen LogP contribution is -2.38. The number of thiazole rings is 1. The Hall–Kier alpha value is -2.48. The molecule has 2 rings (SSSR count). The molecule has 0 unspecified atom stereocenters. The van der Waals surface area contributed by atoms with Crippen molar-refractivity contribution in [3.63, 3.8) is 0 Å². The number of aromatic nitrogens is 1. The molecule has 0 saturated heterocycles. The smallest absolute Gasteiger partial charge is 0.274 e. The fraction of sp³-hybridized carbons (Fsp3) is 0.375. The third kappa shape index (κ3) is 4.76. The largest absolute Gasteiger partial charge is 0.357 e. The van der Waals surface area contributed by atoms with Crippen LogP contribution >= 0.6 is 11.3 Å². The molecule has 0 fully saturated rings. The van der Waals surface area contributed by atoms with Crippen LogP contribution in [0.25, 0.3) is 0 Å². The first-order valence-electron chi connectivity index (χ1n) is 7.64. The van der Waals surface area contributed by atoms with Crippen LogP contribution in [0.2, 0.25) is 0 Å². The number of nitro benzene ring substituents is 1. The quantitative estimate of drug-likeness (QED) is 0.376. The number of rotatable bonds is 6. The van der Waals surface area contributed by atoms with E-state index in [1.807, 2.05) is 31.2 Å². The SMILES string of the molecule is CCNC(=NCc1ccccc1[N+](=O)[O-])N(C)Cc1csc(C)n1. The fourth-order valence-electron chi connectivity index (χ4n) is 2.25. The molecule has 0 aliphatic rings. The monoisotopic (exact) mass is 347 g/mol. The van der Waals surface area contributed by atoms with Gasteiger partial charge in [0.15, 0.2) is 5.96 Å². The first kappa shape index (κ1) is 17.9. The number of guanidine groups is 1. The molecular formula is C16H21N5O2S. The molecule has 0 atom stereocenters. The molecule has 1 aromatic carbocycles. The van der Waals surface area contributed by atoms with Gasteiger partial charge in [0.05, 0.1) is 34.3 Å². The number of aryl methyl sites for hydroxylation is 1. The summed E-state index contributed by atoms with van der Waals surface area (Å²) in [6.07, 6.45) is 0. The van der Waals surface area contributed by atoms with Crippen molar-refractivity contribution in [3.05, 3.63) is 56.0 Å². The number of para-hydroxylation sites is 1. The van der Waals surface area contributed by atoms with Gasteiger partial charge < -0.3 is 10.2 Å². The Labute approximate surface area is 145 Å². The van der Waals surface area contributed by atoms with Crippen molar-refractivity contribution in [1.29, 1.82) is 0 Å². The summed E-state index contributed by atoms with van der Waals surface area (Å²) in [5.41, 5.74) is 1.67. The van der Waals surface area contributed by atoms with Gasteiger partial charge >= 0.3 is 0 Å². The lowest BCUT2D eigenvalue weighted by molar-refractivity contribution is -0.385. The Morgan fingerprint density at radius 2 is 2.21 bits per heavy atom. The maximum Gasteiger partial charge on any atom is 0.274 e. The molecule has 0 aliphatic carbocycles. The zero-order valence-electron chi connectivity index (χ0n) is 14.0. The summed E-state index contributed by atoms with van der Waals surface area (Å²) in [7, 11) is 1.93. The Kier molecular flexibility index (Phi) is 6.25. The highest BCUT2D eigenvalue weighted by Crippen LogP contribution is 2.18. The minimum absolute atomic E-state index is 0.0925. The van der Waals surface area contributed by atoms with Crippen LogP contribution in [0.5, 0.6) is 0 Å². The molecule has 1 N–H and O–H groups in total. The number of hydrogen-bond donors (Lipinski definition) is 1. The van der Waals surface area contributed by atoms with Crippen LogP contribution < -0.4 is 5.32 Å². The van der Waals surface area contributed by atoms with Crippen molar-refractivity contribution in [3.8, 4) is 0 Å². The molecule has 0 spiro atoms. The van der Waals surface area contributed by atoms with Gasteiger partial charge in [-0.15, -0.1) is 11.3 Å². The average Bonchev–Trinajstić information content (AvgIpc) is 2.96. The van der Waals surface area contributed by atoms with Crippen molar-refractivity contribution in [1.82, 2.24) is 15.2 Å². The summed E-state index contributed by atoms with van der Waals surface area (Å²) in [4.78, 5) is 21.7. The van der Waals surface area contributed by atoms with Crippen molar-refractivity contribution < 1.29 is 4.92 Å². The van der Waals surface area contributed by atoms with E-state index in [4.69, 9.17) is 0 Å². The Morgan fingerprint density at radius 3 is 2.83 bits per heavy atom. The van der Waals surface area contributed by atoms with E-state index in [0.717, 1.165) is 17.2 Å². The zero-order chi connectivity index (χ0) is 17.5. The Morgan fingerprint density at radius 1 is 1.46 bits per heavy atom. The molecule has 8 heteroatoms. The van der Waals surface area contributed by atoms with Crippen LogP contribution in [-0.4, -0.2) is 34.4 Å². The number of hydrogen-bond acceptors (Lipinski definition) is 5. The van der Waals surface area contributed by atoms with Crippen LogP contribution in [0.4, 0.5) is 5.69 Å². The Balaban J connectivity index is 2.14. The summed E-state index contributed by atoms with van der Waals surface area (Å²) in [6, 6.07) is 6.67. The summed E-state index contributed by atoms with van der Waals surface area (Å²) in [5, 5.41) is 17.4. The minimum atomic E-state index is -0.375. The molecule has 1 heterocycles. The summed E-state index contributed by atoms with van der Waals surface area (Å²) >= 11 is 1.61. The van der Waals surface area contributed by atoms with Gasteiger partial charge in [0.1, 0.15) is 0 Å². The molecule has 2 aromatic rings. The van der Waals surface area contributed by atoms with Crippen molar-refractivity contribution >= 4 is 23.0 Å². The van der Waals surface area contributed by atoms with E-state index in [1.165, 1.54) is 6.07 Å². The predicted molar refractivity (Wildman–Crippen MR) is 96.2 cm³/mol. The normalized spacial score (nSPS) is 11.4. The molecule has 1 aromatic heterocycles. The van der Waals surface area contributed by atoms with Crippen molar-refractivity contribution in [2.24, 2.45) is 4.99 Å². The van der Waals surface area contributed by atoms with Crippen molar-refractivity contribution in [2.45, 2.75) is 26.9 Å². The topological polar surface area (TPSA) is 83.7 Å². The molecule has 0 aliphatic heterocycles. The molecule has 0 radical (unpaired) electrons. The second-order valence-electron chi connectivity index (χ2n) is 5.27. The predicted octanol–water partition coefficient (Wildman–Crippen LogP) is 2.96. The molecule has 24 heavy (non-hydrogen) atoms. The highest BCUT2D eigenvalue weighted by atomic mass is 32.1. The van der Waals surface area contributed by atoms with Gasteiger partial charge in [-0.2, -0.15) is 0 Å². The zero-order valence-corrected chi connectivity index (χ0v) is 14.8. The highest BCUT2D eigenvalue weighted by Gasteiger charge is 2.13. The molecular weight excluding hydrogens is 326 g/mol. The van der Waals surface area contributed by atoms with E-state index in [9.17, 15) is 10.1 Å². The van der Waals surface area contributed by atoms with Crippen LogP contribution in [0.3, 0.4) is 0 Å². The molecule has 128 valence electrons. The minimum Gasteiger partial charge on any atom is -0.357 e. The summed E-state index contributed by atoms with van der Waals surface area (Å²) < 4.78 is 0. The van der Waals surface area contributed by atoms with Crippen molar-refractivity contribution in [2.75, 3.05) is 13.6 Å². The van der Waals surface area contributed by atoms with Gasteiger partial charge in [-0.25, -0.2) is 9.98 Å². The fourth-order valence-corrected chi connectivity index (χ4v) is 2.85. The number of aliphatic imine (C=N–C) groups is 1. The van der Waals surface area contributed by atoms with E-state index in [-0.39, 0.29) is 17.2 Å². The number of nitrogens with one attached hydrogen (secondary N) is 1. The number of nitrogens with zero attached hydrogens (tertiary/aromatic N) is 4. The Bertz CT molecular complexity index is 729. The van der Waals surface area contributed by atoms with Gasteiger partial charge in [0.2, 0.25) is 0 Å². The van der Waals surface area contributed by atoms with E-state index in [0.29, 0.717) is 18.1 Å². The lowest BCUT2D eigenvalue weighted by Gasteiger charge is -2.21. The van der Waals surface area contributed by atoms with E-state index >= 15 is 0 Å². The van der Waals surface area contributed by atoms with Crippen LogP contribution in [0, 0.1) is 17.0 Å². The second kappa shape index (κ2) is 8.39. The van der Waals surface area contributed by atoms with Gasteiger partial charge in [-0.1, -0.05) is 18.2 Å². The number of benzene rings is 1.